The molecule has 0 aliphatic carbocycles. The molecule has 0 N–H and O–H groups in total. The van der Waals surface area contributed by atoms with Crippen LogP contribution in [0.1, 0.15) is 38.1 Å². The van der Waals surface area contributed by atoms with E-state index in [2.05, 4.69) is 15.9 Å². The van der Waals surface area contributed by atoms with Crippen molar-refractivity contribution in [3.63, 3.8) is 0 Å². The molecule has 39 heavy (non-hydrogen) atoms. The van der Waals surface area contributed by atoms with Crippen LogP contribution >= 0.6 is 27.3 Å². The maximum atomic E-state index is 14.0. The highest BCUT2D eigenvalue weighted by molar-refractivity contribution is 9.10. The van der Waals surface area contributed by atoms with Crippen molar-refractivity contribution < 1.29 is 13.9 Å². The van der Waals surface area contributed by atoms with Crippen LogP contribution in [0.3, 0.4) is 0 Å². The van der Waals surface area contributed by atoms with Crippen molar-refractivity contribution in [2.45, 2.75) is 26.8 Å². The lowest BCUT2D eigenvalue weighted by Gasteiger charge is -2.29. The molecule has 0 unspecified atom stereocenters. The number of ether oxygens (including phenoxy) is 1. The van der Waals surface area contributed by atoms with E-state index < -0.39 is 6.04 Å². The van der Waals surface area contributed by atoms with E-state index in [0.29, 0.717) is 51.0 Å². The van der Waals surface area contributed by atoms with Gasteiger partial charge in [-0.15, -0.1) is 0 Å². The quantitative estimate of drug-likeness (QED) is 0.292. The standard InChI is InChI=1S/C30H28BrN3O4S/c1-5-33(6-2)29(36)26-18(3)32-30-34(27(26)22-12-7-8-13-24(22)37-4)28(35)25(39-30)17-21-14-15-23(38-21)19-10-9-11-20(31)16-19/h7-17,27H,5-6H2,1-4H3/b25-17+/t27-/m1/s1. The van der Waals surface area contributed by atoms with Crippen molar-refractivity contribution in [1.82, 2.24) is 9.47 Å². The number of nitrogens with zero attached hydrogens (tertiary/aromatic N) is 3. The predicted molar refractivity (Wildman–Crippen MR) is 157 cm³/mol. The van der Waals surface area contributed by atoms with Crippen molar-refractivity contribution in [1.29, 1.82) is 0 Å². The number of furan rings is 1. The second-order valence-electron chi connectivity index (χ2n) is 9.01. The first-order chi connectivity index (χ1) is 18.9. The molecule has 4 aromatic rings. The smallest absolute Gasteiger partial charge is 0.271 e. The number of carbonyl (C=O) groups is 1. The Kier molecular flexibility index (Phi) is 7.72. The lowest BCUT2D eigenvalue weighted by molar-refractivity contribution is -0.127. The number of carbonyl (C=O) groups excluding carboxylic acids is 1. The van der Waals surface area contributed by atoms with Gasteiger partial charge in [0.25, 0.3) is 11.5 Å². The molecule has 5 rings (SSSR count). The maximum Gasteiger partial charge on any atom is 0.271 e. The van der Waals surface area contributed by atoms with Crippen LogP contribution in [-0.2, 0) is 4.79 Å². The lowest BCUT2D eigenvalue weighted by atomic mass is 9.94. The number of para-hydroxylation sites is 1. The van der Waals surface area contributed by atoms with Gasteiger partial charge in [-0.2, -0.15) is 0 Å². The predicted octanol–water partition coefficient (Wildman–Crippen LogP) is 5.13. The number of hydrogen-bond acceptors (Lipinski definition) is 6. The number of fused-ring (bicyclic) bond motifs is 1. The van der Waals surface area contributed by atoms with Gasteiger partial charge in [0.1, 0.15) is 23.3 Å². The van der Waals surface area contributed by atoms with E-state index in [-0.39, 0.29) is 11.5 Å². The van der Waals surface area contributed by atoms with Crippen molar-refractivity contribution >= 4 is 39.2 Å². The summed E-state index contributed by atoms with van der Waals surface area (Å²) >= 11 is 4.77. The van der Waals surface area contributed by atoms with Crippen molar-refractivity contribution in [3.05, 3.63) is 107 Å². The molecule has 2 aromatic carbocycles. The minimum absolute atomic E-state index is 0.142. The van der Waals surface area contributed by atoms with Crippen LogP contribution in [-0.4, -0.2) is 35.6 Å². The largest absolute Gasteiger partial charge is 0.496 e. The Labute approximate surface area is 238 Å². The number of methoxy groups -OCH3 is 1. The molecule has 1 aliphatic rings. The third-order valence-corrected chi connectivity index (χ3v) is 8.22. The van der Waals surface area contributed by atoms with Crippen molar-refractivity contribution in [2.24, 2.45) is 4.99 Å². The number of allylic oxidation sites excluding steroid dienone is 1. The van der Waals surface area contributed by atoms with Gasteiger partial charge in [-0.05, 0) is 51.1 Å². The van der Waals surface area contributed by atoms with E-state index >= 15 is 0 Å². The first kappa shape index (κ1) is 26.9. The molecule has 2 aromatic heterocycles. The van der Waals surface area contributed by atoms with Gasteiger partial charge in [0.05, 0.1) is 22.9 Å². The fraction of sp³-hybridized carbons (Fsp3) is 0.233. The summed E-state index contributed by atoms with van der Waals surface area (Å²) in [6.07, 6.45) is 1.73. The molecule has 0 bridgehead atoms. The molecular formula is C30H28BrN3O4S. The lowest BCUT2D eigenvalue weighted by Crippen LogP contribution is -2.43. The summed E-state index contributed by atoms with van der Waals surface area (Å²) in [6, 6.07) is 18.4. The average Bonchev–Trinajstić information content (AvgIpc) is 3.53. The highest BCUT2D eigenvalue weighted by Gasteiger charge is 2.35. The molecule has 3 heterocycles. The Morgan fingerprint density at radius 2 is 1.92 bits per heavy atom. The number of likely N-dealkylation sites (N-methyl/N-ethyl adjacent to an activating group) is 1. The van der Waals surface area contributed by atoms with Crippen LogP contribution in [0, 0.1) is 0 Å². The first-order valence-corrected chi connectivity index (χ1v) is 14.3. The Morgan fingerprint density at radius 1 is 1.15 bits per heavy atom. The molecule has 0 fully saturated rings. The monoisotopic (exact) mass is 605 g/mol. The van der Waals surface area contributed by atoms with Crippen LogP contribution in [0.15, 0.2) is 90.6 Å². The molecule has 0 radical (unpaired) electrons. The third kappa shape index (κ3) is 5.04. The van der Waals surface area contributed by atoms with E-state index in [9.17, 15) is 9.59 Å². The van der Waals surface area contributed by atoms with Gasteiger partial charge >= 0.3 is 0 Å². The Bertz CT molecular complexity index is 1760. The molecule has 0 spiro atoms. The molecule has 0 saturated heterocycles. The number of hydrogen-bond donors (Lipinski definition) is 0. The number of thiazole rings is 1. The molecule has 0 saturated carbocycles. The molecule has 200 valence electrons. The minimum Gasteiger partial charge on any atom is -0.496 e. The summed E-state index contributed by atoms with van der Waals surface area (Å²) in [4.78, 5) is 34.7. The second-order valence-corrected chi connectivity index (χ2v) is 10.9. The molecular weight excluding hydrogens is 578 g/mol. The summed E-state index contributed by atoms with van der Waals surface area (Å²) in [5, 5.41) is 0. The van der Waals surface area contributed by atoms with Crippen LogP contribution in [0.25, 0.3) is 17.4 Å². The highest BCUT2D eigenvalue weighted by Crippen LogP contribution is 2.36. The zero-order valence-electron chi connectivity index (χ0n) is 22.1. The van der Waals surface area contributed by atoms with Gasteiger partial charge in [0, 0.05) is 34.8 Å². The number of aromatic nitrogens is 1. The first-order valence-electron chi connectivity index (χ1n) is 12.7. The van der Waals surface area contributed by atoms with E-state index in [4.69, 9.17) is 14.1 Å². The van der Waals surface area contributed by atoms with Crippen molar-refractivity contribution in [2.75, 3.05) is 20.2 Å². The SMILES string of the molecule is CCN(CC)C(=O)C1=C(C)N=c2s/c(=C/c3ccc(-c4cccc(Br)c4)o3)c(=O)n2[C@@H]1c1ccccc1OC. The van der Waals surface area contributed by atoms with Gasteiger partial charge in [-0.1, -0.05) is 57.6 Å². The summed E-state index contributed by atoms with van der Waals surface area (Å²) in [5.41, 5.74) is 2.47. The molecule has 1 amide bonds. The van der Waals surface area contributed by atoms with Crippen LogP contribution in [0.4, 0.5) is 0 Å². The van der Waals surface area contributed by atoms with E-state index in [1.807, 2.05) is 81.4 Å². The number of halogens is 1. The molecule has 7 nitrogen and oxygen atoms in total. The minimum atomic E-state index is -0.679. The maximum absolute atomic E-state index is 14.0. The average molecular weight is 607 g/mol. The summed E-state index contributed by atoms with van der Waals surface area (Å²) < 4.78 is 14.8. The number of benzene rings is 2. The van der Waals surface area contributed by atoms with E-state index in [1.165, 1.54) is 11.3 Å². The topological polar surface area (TPSA) is 77.0 Å². The molecule has 9 heteroatoms. The normalized spacial score (nSPS) is 15.2. The van der Waals surface area contributed by atoms with Gasteiger partial charge in [0.2, 0.25) is 0 Å². The zero-order chi connectivity index (χ0) is 27.7. The highest BCUT2D eigenvalue weighted by atomic mass is 79.9. The van der Waals surface area contributed by atoms with Gasteiger partial charge < -0.3 is 14.1 Å². The third-order valence-electron chi connectivity index (χ3n) is 6.75. The van der Waals surface area contributed by atoms with Crippen LogP contribution in [0.5, 0.6) is 5.75 Å². The van der Waals surface area contributed by atoms with Gasteiger partial charge in [-0.25, -0.2) is 4.99 Å². The van der Waals surface area contributed by atoms with E-state index in [1.54, 1.807) is 22.7 Å². The summed E-state index contributed by atoms with van der Waals surface area (Å²) in [6.45, 7) is 6.81. The number of amides is 1. The Morgan fingerprint density at radius 3 is 2.64 bits per heavy atom. The number of rotatable bonds is 7. The summed E-state index contributed by atoms with van der Waals surface area (Å²) in [5.74, 6) is 1.71. The van der Waals surface area contributed by atoms with E-state index in [0.717, 1.165) is 15.6 Å². The fourth-order valence-corrected chi connectivity index (χ4v) is 6.25. The van der Waals surface area contributed by atoms with Gasteiger partial charge in [-0.3, -0.25) is 14.2 Å². The zero-order valence-corrected chi connectivity index (χ0v) is 24.5. The van der Waals surface area contributed by atoms with Gasteiger partial charge in [0.15, 0.2) is 4.80 Å². The van der Waals surface area contributed by atoms with Crippen LogP contribution in [0.2, 0.25) is 0 Å². The summed E-state index contributed by atoms with van der Waals surface area (Å²) in [7, 11) is 1.59. The fourth-order valence-electron chi connectivity index (χ4n) is 4.82. The Balaban J connectivity index is 1.68. The van der Waals surface area contributed by atoms with Crippen LogP contribution < -0.4 is 19.6 Å². The second kappa shape index (κ2) is 11.2. The molecule has 1 atom stereocenters. The van der Waals surface area contributed by atoms with Crippen molar-refractivity contribution in [3.8, 4) is 17.1 Å². The Hall–Kier alpha value is -3.69. The molecule has 1 aliphatic heterocycles.